The number of hydrogen-bond acceptors (Lipinski definition) is 6. The molecule has 0 amide bonds. The van der Waals surface area contributed by atoms with Crippen LogP contribution < -0.4 is 5.32 Å². The fraction of sp³-hybridized carbons (Fsp3) is 0.111. The number of fused-ring (bicyclic) bond motifs is 2. The summed E-state index contributed by atoms with van der Waals surface area (Å²) in [5.41, 5.74) is 4.24. The lowest BCUT2D eigenvalue weighted by Gasteiger charge is -2.09. The summed E-state index contributed by atoms with van der Waals surface area (Å²) in [7, 11) is 0. The number of aromatic amines is 1. The Hall–Kier alpha value is -3.72. The van der Waals surface area contributed by atoms with E-state index >= 15 is 0 Å². The number of nitrogens with one attached hydrogen (secondary N) is 2. The number of nitrogens with zero attached hydrogens (tertiary/aromatic N) is 6. The monoisotopic (exact) mass is 360 g/mol. The highest BCUT2D eigenvalue weighted by atomic mass is 16.3. The van der Waals surface area contributed by atoms with Gasteiger partial charge in [-0.1, -0.05) is 12.1 Å². The first kappa shape index (κ1) is 15.5. The van der Waals surface area contributed by atoms with E-state index in [1.165, 1.54) is 0 Å². The van der Waals surface area contributed by atoms with Crippen molar-refractivity contribution in [1.82, 2.24) is 34.3 Å². The number of aliphatic hydroxyl groups excluding tert-OH is 1. The zero-order valence-corrected chi connectivity index (χ0v) is 14.2. The highest BCUT2D eigenvalue weighted by Crippen LogP contribution is 2.26. The maximum absolute atomic E-state index is 9.04. The van der Waals surface area contributed by atoms with Crippen molar-refractivity contribution in [3.05, 3.63) is 55.4 Å². The van der Waals surface area contributed by atoms with Gasteiger partial charge in [0.25, 0.3) is 0 Å². The Morgan fingerprint density at radius 3 is 3.07 bits per heavy atom. The van der Waals surface area contributed by atoms with Crippen LogP contribution in [-0.2, 0) is 6.54 Å². The molecule has 5 aromatic rings. The van der Waals surface area contributed by atoms with E-state index in [4.69, 9.17) is 10.1 Å². The minimum absolute atomic E-state index is 0.0371. The molecule has 0 saturated carbocycles. The maximum atomic E-state index is 9.04. The third-order valence-corrected chi connectivity index (χ3v) is 4.34. The van der Waals surface area contributed by atoms with E-state index in [1.54, 1.807) is 23.3 Å². The lowest BCUT2D eigenvalue weighted by atomic mass is 10.1. The molecule has 0 bridgehead atoms. The van der Waals surface area contributed by atoms with Crippen molar-refractivity contribution >= 4 is 28.1 Å². The summed E-state index contributed by atoms with van der Waals surface area (Å²) in [6, 6.07) is 6.06. The summed E-state index contributed by atoms with van der Waals surface area (Å²) in [6.45, 7) is 0.480. The van der Waals surface area contributed by atoms with Crippen LogP contribution in [0.4, 0.5) is 11.5 Å². The average molecular weight is 360 g/mol. The first-order chi connectivity index (χ1) is 13.3. The molecule has 0 atom stereocenters. The van der Waals surface area contributed by atoms with Crippen LogP contribution in [0, 0.1) is 0 Å². The van der Waals surface area contributed by atoms with Gasteiger partial charge in [0.2, 0.25) is 0 Å². The molecule has 9 nitrogen and oxygen atoms in total. The lowest BCUT2D eigenvalue weighted by Crippen LogP contribution is -2.02. The van der Waals surface area contributed by atoms with Gasteiger partial charge < -0.3 is 14.8 Å². The standard InChI is InChI=1S/C18H16N8O/c27-6-5-26-10-14(9-21-26)22-17-18-19-3-4-25(18)11-16(23-17)12-1-2-13-8-20-24-15(13)7-12/h1-4,7-11,27H,5-6H2,(H,20,24)(H,22,23). The third-order valence-electron chi connectivity index (χ3n) is 4.34. The highest BCUT2D eigenvalue weighted by Gasteiger charge is 2.11. The molecular formula is C18H16N8O. The number of hydrogen-bond donors (Lipinski definition) is 3. The van der Waals surface area contributed by atoms with Crippen LogP contribution in [0.5, 0.6) is 0 Å². The van der Waals surface area contributed by atoms with E-state index in [9.17, 15) is 0 Å². The number of rotatable bonds is 5. The quantitative estimate of drug-likeness (QED) is 0.443. The first-order valence-corrected chi connectivity index (χ1v) is 8.48. The molecule has 0 radical (unpaired) electrons. The normalized spacial score (nSPS) is 11.4. The fourth-order valence-electron chi connectivity index (χ4n) is 3.04. The molecule has 4 aromatic heterocycles. The van der Waals surface area contributed by atoms with Gasteiger partial charge in [-0.3, -0.25) is 9.78 Å². The number of aromatic nitrogens is 7. The molecule has 0 aliphatic carbocycles. The zero-order valence-electron chi connectivity index (χ0n) is 14.2. The Morgan fingerprint density at radius 2 is 2.15 bits per heavy atom. The molecular weight excluding hydrogens is 344 g/mol. The summed E-state index contributed by atoms with van der Waals surface area (Å²) in [4.78, 5) is 9.16. The summed E-state index contributed by atoms with van der Waals surface area (Å²) >= 11 is 0. The Morgan fingerprint density at radius 1 is 1.19 bits per heavy atom. The molecule has 0 aliphatic heterocycles. The Labute approximate surface area is 153 Å². The van der Waals surface area contributed by atoms with E-state index in [2.05, 4.69) is 25.6 Å². The van der Waals surface area contributed by atoms with Crippen molar-refractivity contribution in [3.8, 4) is 11.3 Å². The smallest absolute Gasteiger partial charge is 0.180 e. The van der Waals surface area contributed by atoms with Crippen LogP contribution >= 0.6 is 0 Å². The van der Waals surface area contributed by atoms with Gasteiger partial charge in [-0.05, 0) is 6.07 Å². The van der Waals surface area contributed by atoms with Crippen LogP contribution in [0.1, 0.15) is 0 Å². The van der Waals surface area contributed by atoms with Crippen molar-refractivity contribution < 1.29 is 5.11 Å². The molecule has 5 rings (SSSR count). The molecule has 0 aliphatic rings. The second kappa shape index (κ2) is 6.22. The summed E-state index contributed by atoms with van der Waals surface area (Å²) in [5, 5.41) is 24.6. The summed E-state index contributed by atoms with van der Waals surface area (Å²) in [6.07, 6.45) is 10.9. The van der Waals surface area contributed by atoms with Crippen molar-refractivity contribution in [2.45, 2.75) is 6.54 Å². The second-order valence-corrected chi connectivity index (χ2v) is 6.15. The predicted octanol–water partition coefficient (Wildman–Crippen LogP) is 2.20. The van der Waals surface area contributed by atoms with E-state index < -0.39 is 0 Å². The van der Waals surface area contributed by atoms with Crippen molar-refractivity contribution in [2.75, 3.05) is 11.9 Å². The molecule has 3 N–H and O–H groups in total. The number of anilines is 2. The minimum Gasteiger partial charge on any atom is -0.394 e. The topological polar surface area (TPSA) is 109 Å². The molecule has 0 spiro atoms. The molecule has 1 aromatic carbocycles. The van der Waals surface area contributed by atoms with Gasteiger partial charge in [-0.2, -0.15) is 10.2 Å². The van der Waals surface area contributed by atoms with Crippen LogP contribution in [0.15, 0.2) is 55.4 Å². The lowest BCUT2D eigenvalue weighted by molar-refractivity contribution is 0.269. The van der Waals surface area contributed by atoms with Crippen LogP contribution in [0.3, 0.4) is 0 Å². The molecule has 0 saturated heterocycles. The Bertz CT molecular complexity index is 1230. The van der Waals surface area contributed by atoms with E-state index in [-0.39, 0.29) is 6.61 Å². The zero-order chi connectivity index (χ0) is 18.2. The van der Waals surface area contributed by atoms with Crippen molar-refractivity contribution in [2.24, 2.45) is 0 Å². The summed E-state index contributed by atoms with van der Waals surface area (Å²) in [5.74, 6) is 0.630. The average Bonchev–Trinajstić information content (AvgIpc) is 3.41. The van der Waals surface area contributed by atoms with Crippen LogP contribution in [0.2, 0.25) is 0 Å². The number of imidazole rings is 1. The van der Waals surface area contributed by atoms with Gasteiger partial charge in [-0.15, -0.1) is 0 Å². The van der Waals surface area contributed by atoms with Gasteiger partial charge in [-0.25, -0.2) is 9.97 Å². The Balaban J connectivity index is 1.57. The predicted molar refractivity (Wildman–Crippen MR) is 101 cm³/mol. The van der Waals surface area contributed by atoms with Crippen molar-refractivity contribution in [3.63, 3.8) is 0 Å². The molecule has 134 valence electrons. The Kier molecular flexibility index (Phi) is 3.58. The number of benzene rings is 1. The van der Waals surface area contributed by atoms with Crippen molar-refractivity contribution in [1.29, 1.82) is 0 Å². The van der Waals surface area contributed by atoms with Gasteiger partial charge in [0.1, 0.15) is 0 Å². The molecule has 27 heavy (non-hydrogen) atoms. The number of aliphatic hydroxyl groups is 1. The van der Waals surface area contributed by atoms with Gasteiger partial charge in [0.05, 0.1) is 42.4 Å². The van der Waals surface area contributed by atoms with Gasteiger partial charge in [0.15, 0.2) is 11.5 Å². The largest absolute Gasteiger partial charge is 0.394 e. The molecule has 4 heterocycles. The fourth-order valence-corrected chi connectivity index (χ4v) is 3.04. The molecule has 9 heteroatoms. The van der Waals surface area contributed by atoms with E-state index in [1.807, 2.05) is 41.2 Å². The van der Waals surface area contributed by atoms with E-state index in [0.29, 0.717) is 12.4 Å². The molecule has 0 unspecified atom stereocenters. The first-order valence-electron chi connectivity index (χ1n) is 8.48. The van der Waals surface area contributed by atoms with Gasteiger partial charge in [0, 0.05) is 35.7 Å². The minimum atomic E-state index is 0.0371. The second-order valence-electron chi connectivity index (χ2n) is 6.15. The summed E-state index contributed by atoms with van der Waals surface area (Å²) < 4.78 is 3.60. The number of H-pyrrole nitrogens is 1. The third kappa shape index (κ3) is 2.79. The molecule has 0 fully saturated rings. The van der Waals surface area contributed by atoms with Gasteiger partial charge >= 0.3 is 0 Å². The SMILES string of the molecule is OCCn1cc(Nc2nc(-c3ccc4cn[nH]c4c3)cn3ccnc23)cn1. The van der Waals surface area contributed by atoms with E-state index in [0.717, 1.165) is 33.5 Å². The maximum Gasteiger partial charge on any atom is 0.180 e. The van der Waals surface area contributed by atoms with Crippen LogP contribution in [0.25, 0.3) is 27.8 Å². The van der Waals surface area contributed by atoms with Crippen LogP contribution in [-0.4, -0.2) is 46.1 Å². The highest BCUT2D eigenvalue weighted by molar-refractivity contribution is 5.83.